The minimum atomic E-state index is -1.59. The van der Waals surface area contributed by atoms with Crippen LogP contribution in [0.15, 0.2) is 24.3 Å². The van der Waals surface area contributed by atoms with Crippen molar-refractivity contribution < 1.29 is 19.4 Å². The van der Waals surface area contributed by atoms with Crippen LogP contribution in [0.1, 0.15) is 18.7 Å². The second-order valence-corrected chi connectivity index (χ2v) is 3.76. The Hall–Kier alpha value is -1.88. The Morgan fingerprint density at radius 2 is 2.18 bits per heavy atom. The molecule has 1 aromatic carbocycles. The van der Waals surface area contributed by atoms with Gasteiger partial charge in [-0.1, -0.05) is 0 Å². The highest BCUT2D eigenvalue weighted by Crippen LogP contribution is 2.25. The van der Waals surface area contributed by atoms with E-state index in [1.54, 1.807) is 10.6 Å². The largest absolute Gasteiger partial charge is 0.479 e. The van der Waals surface area contributed by atoms with Crippen LogP contribution in [0.2, 0.25) is 0 Å². The molecule has 2 aromatic rings. The quantitative estimate of drug-likeness (QED) is 0.857. The van der Waals surface area contributed by atoms with E-state index >= 15 is 0 Å². The van der Waals surface area contributed by atoms with Gasteiger partial charge in [-0.05, 0) is 31.2 Å². The van der Waals surface area contributed by atoms with Gasteiger partial charge in [-0.2, -0.15) is 0 Å². The summed E-state index contributed by atoms with van der Waals surface area (Å²) in [5.74, 6) is -1.70. The molecule has 0 saturated heterocycles. The molecule has 0 aliphatic rings. The van der Waals surface area contributed by atoms with E-state index in [4.69, 9.17) is 5.11 Å². The summed E-state index contributed by atoms with van der Waals surface area (Å²) in [6.07, 6.45) is -1.59. The molecular weight excluding hydrogens is 225 g/mol. The number of aliphatic hydroxyl groups excluding tert-OH is 1. The number of benzene rings is 1. The van der Waals surface area contributed by atoms with Crippen LogP contribution in [0.3, 0.4) is 0 Å². The molecule has 1 heterocycles. The first-order valence-electron chi connectivity index (χ1n) is 5.24. The fourth-order valence-electron chi connectivity index (χ4n) is 1.97. The number of carbonyl (C=O) groups is 1. The maximum Gasteiger partial charge on any atom is 0.338 e. The summed E-state index contributed by atoms with van der Waals surface area (Å²) in [4.78, 5) is 10.8. The number of fused-ring (bicyclic) bond motifs is 1. The van der Waals surface area contributed by atoms with Gasteiger partial charge < -0.3 is 14.8 Å². The van der Waals surface area contributed by atoms with Crippen LogP contribution >= 0.6 is 0 Å². The summed E-state index contributed by atoms with van der Waals surface area (Å²) in [5, 5.41) is 18.9. The van der Waals surface area contributed by atoms with Gasteiger partial charge in [-0.25, -0.2) is 9.18 Å². The molecule has 2 N–H and O–H groups in total. The second-order valence-electron chi connectivity index (χ2n) is 3.76. The smallest absolute Gasteiger partial charge is 0.338 e. The Balaban J connectivity index is 2.67. The molecule has 0 aliphatic heterocycles. The van der Waals surface area contributed by atoms with E-state index in [1.807, 2.05) is 6.92 Å². The van der Waals surface area contributed by atoms with Crippen LogP contribution in [-0.4, -0.2) is 20.7 Å². The first-order valence-corrected chi connectivity index (χ1v) is 5.24. The third-order valence-corrected chi connectivity index (χ3v) is 2.73. The number of aliphatic carboxylic acids is 1. The van der Waals surface area contributed by atoms with Gasteiger partial charge in [0.15, 0.2) is 6.10 Å². The van der Waals surface area contributed by atoms with Crippen molar-refractivity contribution in [3.8, 4) is 0 Å². The molecule has 1 atom stereocenters. The van der Waals surface area contributed by atoms with Crippen LogP contribution < -0.4 is 0 Å². The van der Waals surface area contributed by atoms with Crippen LogP contribution in [-0.2, 0) is 11.3 Å². The van der Waals surface area contributed by atoms with Crippen molar-refractivity contribution in [2.75, 3.05) is 0 Å². The van der Waals surface area contributed by atoms with Gasteiger partial charge in [0.2, 0.25) is 0 Å². The molecule has 5 heteroatoms. The van der Waals surface area contributed by atoms with E-state index in [0.717, 1.165) is 0 Å². The predicted octanol–water partition coefficient (Wildman–Crippen LogP) is 1.92. The molecule has 4 nitrogen and oxygen atoms in total. The third-order valence-electron chi connectivity index (χ3n) is 2.73. The SMILES string of the molecule is CCn1c(C(O)C(=O)O)cc2cc(F)ccc21. The fourth-order valence-corrected chi connectivity index (χ4v) is 1.97. The predicted molar refractivity (Wildman–Crippen MR) is 60.2 cm³/mol. The molecule has 17 heavy (non-hydrogen) atoms. The topological polar surface area (TPSA) is 62.5 Å². The number of aryl methyl sites for hydroxylation is 1. The van der Waals surface area contributed by atoms with E-state index in [9.17, 15) is 14.3 Å². The van der Waals surface area contributed by atoms with Crippen LogP contribution in [0.5, 0.6) is 0 Å². The first-order chi connectivity index (χ1) is 8.04. The lowest BCUT2D eigenvalue weighted by atomic mass is 10.2. The fraction of sp³-hybridized carbons (Fsp3) is 0.250. The van der Waals surface area contributed by atoms with Crippen molar-refractivity contribution in [1.29, 1.82) is 0 Å². The van der Waals surface area contributed by atoms with Gasteiger partial charge in [0, 0.05) is 17.4 Å². The summed E-state index contributed by atoms with van der Waals surface area (Å²) < 4.78 is 14.7. The van der Waals surface area contributed by atoms with Crippen LogP contribution in [0.25, 0.3) is 10.9 Å². The average molecular weight is 237 g/mol. The van der Waals surface area contributed by atoms with Gasteiger partial charge in [-0.3, -0.25) is 0 Å². The Morgan fingerprint density at radius 1 is 1.47 bits per heavy atom. The third kappa shape index (κ3) is 1.89. The molecule has 0 radical (unpaired) electrons. The number of rotatable bonds is 3. The lowest BCUT2D eigenvalue weighted by Gasteiger charge is -2.10. The van der Waals surface area contributed by atoms with E-state index in [2.05, 4.69) is 0 Å². The number of nitrogens with zero attached hydrogens (tertiary/aromatic N) is 1. The van der Waals surface area contributed by atoms with Gasteiger partial charge in [0.25, 0.3) is 0 Å². The molecule has 0 fully saturated rings. The number of carboxylic acids is 1. The zero-order valence-corrected chi connectivity index (χ0v) is 9.22. The van der Waals surface area contributed by atoms with Crippen molar-refractivity contribution in [3.63, 3.8) is 0 Å². The van der Waals surface area contributed by atoms with Crippen molar-refractivity contribution in [1.82, 2.24) is 4.57 Å². The number of aliphatic hydroxyl groups is 1. The zero-order chi connectivity index (χ0) is 12.6. The second kappa shape index (κ2) is 4.18. The van der Waals surface area contributed by atoms with Gasteiger partial charge >= 0.3 is 5.97 Å². The molecule has 0 saturated carbocycles. The van der Waals surface area contributed by atoms with Crippen LogP contribution in [0.4, 0.5) is 4.39 Å². The maximum atomic E-state index is 13.1. The molecule has 0 amide bonds. The van der Waals surface area contributed by atoms with E-state index < -0.39 is 12.1 Å². The summed E-state index contributed by atoms with van der Waals surface area (Å²) in [7, 11) is 0. The zero-order valence-electron chi connectivity index (χ0n) is 9.22. The number of halogens is 1. The summed E-state index contributed by atoms with van der Waals surface area (Å²) >= 11 is 0. The van der Waals surface area contributed by atoms with E-state index in [-0.39, 0.29) is 11.5 Å². The highest BCUT2D eigenvalue weighted by molar-refractivity contribution is 5.84. The minimum Gasteiger partial charge on any atom is -0.479 e. The van der Waals surface area contributed by atoms with Crippen molar-refractivity contribution >= 4 is 16.9 Å². The van der Waals surface area contributed by atoms with Crippen LogP contribution in [0, 0.1) is 5.82 Å². The van der Waals surface area contributed by atoms with E-state index in [0.29, 0.717) is 17.4 Å². The number of hydrogen-bond donors (Lipinski definition) is 2. The summed E-state index contributed by atoms with van der Waals surface area (Å²) in [5.41, 5.74) is 0.977. The lowest BCUT2D eigenvalue weighted by Crippen LogP contribution is -2.14. The number of hydrogen-bond acceptors (Lipinski definition) is 2. The molecule has 1 unspecified atom stereocenters. The number of carboxylic acid groups (broad SMARTS) is 1. The first kappa shape index (κ1) is 11.6. The van der Waals surface area contributed by atoms with Gasteiger partial charge in [-0.15, -0.1) is 0 Å². The van der Waals surface area contributed by atoms with E-state index in [1.165, 1.54) is 18.2 Å². The van der Waals surface area contributed by atoms with Crippen molar-refractivity contribution in [3.05, 3.63) is 35.8 Å². The molecule has 90 valence electrons. The average Bonchev–Trinajstić information content (AvgIpc) is 2.64. The Kier molecular flexibility index (Phi) is 2.85. The highest BCUT2D eigenvalue weighted by Gasteiger charge is 2.21. The lowest BCUT2D eigenvalue weighted by molar-refractivity contribution is -0.147. The molecule has 1 aromatic heterocycles. The molecule has 0 spiro atoms. The molecular formula is C12H12FNO3. The van der Waals surface area contributed by atoms with Crippen molar-refractivity contribution in [2.24, 2.45) is 0 Å². The summed E-state index contributed by atoms with van der Waals surface area (Å²) in [6, 6.07) is 5.71. The normalized spacial score (nSPS) is 12.9. The monoisotopic (exact) mass is 237 g/mol. The Labute approximate surface area is 96.9 Å². The highest BCUT2D eigenvalue weighted by atomic mass is 19.1. The van der Waals surface area contributed by atoms with Gasteiger partial charge in [0.1, 0.15) is 5.82 Å². The Morgan fingerprint density at radius 3 is 2.76 bits per heavy atom. The van der Waals surface area contributed by atoms with Crippen molar-refractivity contribution in [2.45, 2.75) is 19.6 Å². The Bertz CT molecular complexity index is 576. The maximum absolute atomic E-state index is 13.1. The molecule has 0 bridgehead atoms. The number of aromatic nitrogens is 1. The van der Waals surface area contributed by atoms with Gasteiger partial charge in [0.05, 0.1) is 5.69 Å². The molecule has 2 rings (SSSR count). The summed E-state index contributed by atoms with van der Waals surface area (Å²) in [6.45, 7) is 2.34. The molecule has 0 aliphatic carbocycles. The minimum absolute atomic E-state index is 0.264. The standard InChI is InChI=1S/C12H12FNO3/c1-2-14-9-4-3-8(13)5-7(9)6-10(14)11(15)12(16)17/h3-6,11,15H,2H2,1H3,(H,16,17).